The Kier molecular flexibility index (Phi) is 3.42. The molecule has 1 aromatic rings. The van der Waals surface area contributed by atoms with Crippen LogP contribution >= 0.6 is 0 Å². The van der Waals surface area contributed by atoms with Crippen LogP contribution in [-0.4, -0.2) is 29.3 Å². The molecule has 1 aliphatic heterocycles. The van der Waals surface area contributed by atoms with E-state index in [-0.39, 0.29) is 17.9 Å². The molecule has 0 spiro atoms. The van der Waals surface area contributed by atoms with Crippen LogP contribution in [0, 0.1) is 0 Å². The van der Waals surface area contributed by atoms with Crippen LogP contribution in [0.5, 0.6) is 0 Å². The number of nitrogens with one attached hydrogen (secondary N) is 1. The van der Waals surface area contributed by atoms with Gasteiger partial charge in [0.2, 0.25) is 11.8 Å². The van der Waals surface area contributed by atoms with E-state index in [1.807, 2.05) is 30.3 Å². The predicted octanol–water partition coefficient (Wildman–Crippen LogP) is 1.64. The first-order valence-electron chi connectivity index (χ1n) is 5.81. The second kappa shape index (κ2) is 4.99. The maximum absolute atomic E-state index is 12.0. The normalized spacial score (nSPS) is 19.1. The Bertz CT molecular complexity index is 417. The summed E-state index contributed by atoms with van der Waals surface area (Å²) in [6.45, 7) is 2.19. The van der Waals surface area contributed by atoms with Gasteiger partial charge < -0.3 is 10.2 Å². The van der Waals surface area contributed by atoms with Crippen molar-refractivity contribution in [2.75, 3.05) is 11.9 Å². The second-order valence-electron chi connectivity index (χ2n) is 4.23. The van der Waals surface area contributed by atoms with Crippen molar-refractivity contribution in [2.45, 2.75) is 25.8 Å². The zero-order chi connectivity index (χ0) is 12.3. The lowest BCUT2D eigenvalue weighted by Crippen LogP contribution is -2.42. The third kappa shape index (κ3) is 2.64. The van der Waals surface area contributed by atoms with Crippen LogP contribution in [0.15, 0.2) is 30.3 Å². The molecule has 1 heterocycles. The summed E-state index contributed by atoms with van der Waals surface area (Å²) in [5.74, 6) is -0.125. The lowest BCUT2D eigenvalue weighted by molar-refractivity contribution is -0.134. The maximum Gasteiger partial charge on any atom is 0.247 e. The minimum absolute atomic E-state index is 0.0317. The van der Waals surface area contributed by atoms with Crippen molar-refractivity contribution < 1.29 is 9.59 Å². The third-order valence-electron chi connectivity index (χ3n) is 3.00. The average molecular weight is 232 g/mol. The minimum Gasteiger partial charge on any atom is -0.331 e. The molecule has 1 atom stereocenters. The van der Waals surface area contributed by atoms with Crippen LogP contribution in [0.25, 0.3) is 0 Å². The van der Waals surface area contributed by atoms with Crippen molar-refractivity contribution in [3.8, 4) is 0 Å². The number of carbonyl (C=O) groups is 2. The topological polar surface area (TPSA) is 49.4 Å². The van der Waals surface area contributed by atoms with Gasteiger partial charge in [0.15, 0.2) is 0 Å². The standard InChI is InChI=1S/C13H16N2O2/c1-10(16)15-9-5-8-12(15)13(17)14-11-6-3-2-4-7-11/h2-4,6-7,12H,5,8-9H2,1H3,(H,14,17). The fraction of sp³-hybridized carbons (Fsp3) is 0.385. The molecule has 1 fully saturated rings. The lowest BCUT2D eigenvalue weighted by atomic mass is 10.2. The van der Waals surface area contributed by atoms with Gasteiger partial charge in [0, 0.05) is 19.2 Å². The zero-order valence-electron chi connectivity index (χ0n) is 9.85. The first-order valence-corrected chi connectivity index (χ1v) is 5.81. The molecular formula is C13H16N2O2. The Balaban J connectivity index is 2.03. The Morgan fingerprint density at radius 1 is 1.29 bits per heavy atom. The molecule has 1 aliphatic rings. The molecule has 1 aromatic carbocycles. The molecule has 0 aromatic heterocycles. The quantitative estimate of drug-likeness (QED) is 0.842. The number of hydrogen-bond acceptors (Lipinski definition) is 2. The average Bonchev–Trinajstić information content (AvgIpc) is 2.79. The summed E-state index contributed by atoms with van der Waals surface area (Å²) >= 11 is 0. The van der Waals surface area contributed by atoms with Gasteiger partial charge in [-0.2, -0.15) is 0 Å². The van der Waals surface area contributed by atoms with Crippen LogP contribution in [0.3, 0.4) is 0 Å². The molecule has 1 N–H and O–H groups in total. The summed E-state index contributed by atoms with van der Waals surface area (Å²) in [5, 5.41) is 2.84. The molecule has 0 radical (unpaired) electrons. The molecular weight excluding hydrogens is 216 g/mol. The molecule has 2 rings (SSSR count). The van der Waals surface area contributed by atoms with E-state index in [2.05, 4.69) is 5.32 Å². The first kappa shape index (κ1) is 11.6. The minimum atomic E-state index is -0.312. The lowest BCUT2D eigenvalue weighted by Gasteiger charge is -2.22. The smallest absolute Gasteiger partial charge is 0.247 e. The fourth-order valence-corrected chi connectivity index (χ4v) is 2.16. The highest BCUT2D eigenvalue weighted by Gasteiger charge is 2.32. The summed E-state index contributed by atoms with van der Waals surface area (Å²) in [4.78, 5) is 25.0. The van der Waals surface area contributed by atoms with Gasteiger partial charge in [-0.25, -0.2) is 0 Å². The van der Waals surface area contributed by atoms with Crippen LogP contribution in [0.1, 0.15) is 19.8 Å². The van der Waals surface area contributed by atoms with Gasteiger partial charge in [-0.05, 0) is 25.0 Å². The Labute approximate surface area is 101 Å². The van der Waals surface area contributed by atoms with Gasteiger partial charge in [-0.15, -0.1) is 0 Å². The van der Waals surface area contributed by atoms with Crippen molar-refractivity contribution in [3.63, 3.8) is 0 Å². The van der Waals surface area contributed by atoms with Gasteiger partial charge in [-0.1, -0.05) is 18.2 Å². The van der Waals surface area contributed by atoms with Crippen LogP contribution in [0.2, 0.25) is 0 Å². The van der Waals surface area contributed by atoms with E-state index in [9.17, 15) is 9.59 Å². The predicted molar refractivity (Wildman–Crippen MR) is 65.5 cm³/mol. The van der Waals surface area contributed by atoms with E-state index < -0.39 is 0 Å². The van der Waals surface area contributed by atoms with Crippen molar-refractivity contribution in [1.29, 1.82) is 0 Å². The number of nitrogens with zero attached hydrogens (tertiary/aromatic N) is 1. The summed E-state index contributed by atoms with van der Waals surface area (Å²) in [6.07, 6.45) is 1.64. The van der Waals surface area contributed by atoms with Gasteiger partial charge in [-0.3, -0.25) is 9.59 Å². The highest BCUT2D eigenvalue weighted by atomic mass is 16.2. The van der Waals surface area contributed by atoms with Crippen LogP contribution in [0.4, 0.5) is 5.69 Å². The summed E-state index contributed by atoms with van der Waals surface area (Å²) in [6, 6.07) is 9.00. The molecule has 17 heavy (non-hydrogen) atoms. The number of para-hydroxylation sites is 1. The molecule has 1 saturated heterocycles. The largest absolute Gasteiger partial charge is 0.331 e. The van der Waals surface area contributed by atoms with Crippen molar-refractivity contribution in [1.82, 2.24) is 4.90 Å². The molecule has 0 aliphatic carbocycles. The van der Waals surface area contributed by atoms with Gasteiger partial charge in [0.05, 0.1) is 0 Å². The Hall–Kier alpha value is -1.84. The fourth-order valence-electron chi connectivity index (χ4n) is 2.16. The summed E-state index contributed by atoms with van der Waals surface area (Å²) < 4.78 is 0. The Morgan fingerprint density at radius 3 is 2.65 bits per heavy atom. The van der Waals surface area contributed by atoms with E-state index in [1.165, 1.54) is 6.92 Å². The van der Waals surface area contributed by atoms with E-state index in [0.717, 1.165) is 18.5 Å². The molecule has 2 amide bonds. The SMILES string of the molecule is CC(=O)N1CCCC1C(=O)Nc1ccccc1. The van der Waals surface area contributed by atoms with Crippen LogP contribution < -0.4 is 5.32 Å². The number of rotatable bonds is 2. The monoisotopic (exact) mass is 232 g/mol. The maximum atomic E-state index is 12.0. The summed E-state index contributed by atoms with van der Waals surface area (Å²) in [5.41, 5.74) is 0.771. The molecule has 90 valence electrons. The molecule has 0 saturated carbocycles. The van der Waals surface area contributed by atoms with Gasteiger partial charge in [0.1, 0.15) is 6.04 Å². The number of likely N-dealkylation sites (tertiary alicyclic amines) is 1. The number of hydrogen-bond donors (Lipinski definition) is 1. The number of carbonyl (C=O) groups excluding carboxylic acids is 2. The highest BCUT2D eigenvalue weighted by Crippen LogP contribution is 2.19. The number of anilines is 1. The van der Waals surface area contributed by atoms with E-state index in [4.69, 9.17) is 0 Å². The zero-order valence-corrected chi connectivity index (χ0v) is 9.85. The Morgan fingerprint density at radius 2 is 2.00 bits per heavy atom. The number of amides is 2. The third-order valence-corrected chi connectivity index (χ3v) is 3.00. The molecule has 1 unspecified atom stereocenters. The molecule has 4 nitrogen and oxygen atoms in total. The van der Waals surface area contributed by atoms with E-state index in [1.54, 1.807) is 4.90 Å². The van der Waals surface area contributed by atoms with Gasteiger partial charge >= 0.3 is 0 Å². The highest BCUT2D eigenvalue weighted by molar-refractivity contribution is 5.97. The van der Waals surface area contributed by atoms with E-state index >= 15 is 0 Å². The van der Waals surface area contributed by atoms with Gasteiger partial charge in [0.25, 0.3) is 0 Å². The van der Waals surface area contributed by atoms with Crippen molar-refractivity contribution in [2.24, 2.45) is 0 Å². The second-order valence-corrected chi connectivity index (χ2v) is 4.23. The number of benzene rings is 1. The molecule has 4 heteroatoms. The van der Waals surface area contributed by atoms with E-state index in [0.29, 0.717) is 6.54 Å². The summed E-state index contributed by atoms with van der Waals surface area (Å²) in [7, 11) is 0. The van der Waals surface area contributed by atoms with Crippen LogP contribution in [-0.2, 0) is 9.59 Å². The first-order chi connectivity index (χ1) is 8.18. The molecule has 0 bridgehead atoms. The van der Waals surface area contributed by atoms with Crippen molar-refractivity contribution in [3.05, 3.63) is 30.3 Å². The van der Waals surface area contributed by atoms with Crippen molar-refractivity contribution >= 4 is 17.5 Å².